The Labute approximate surface area is 186 Å². The van der Waals surface area contributed by atoms with E-state index in [2.05, 4.69) is 53.6 Å². The Bertz CT molecular complexity index is 631. The number of hydrogen-bond acceptors (Lipinski definition) is 3. The minimum atomic E-state index is -0.480. The Morgan fingerprint density at radius 2 is 2.00 bits per heavy atom. The summed E-state index contributed by atoms with van der Waals surface area (Å²) in [6.07, 6.45) is 0.534. The Kier molecular flexibility index (Phi) is 10.1. The van der Waals surface area contributed by atoms with E-state index in [-0.39, 0.29) is 36.1 Å². The monoisotopic (exact) mass is 502 g/mol. The molecule has 28 heavy (non-hydrogen) atoms. The Hall–Kier alpha value is -1.51. The minimum Gasteiger partial charge on any atom is -0.444 e. The van der Waals surface area contributed by atoms with Crippen molar-refractivity contribution in [1.82, 2.24) is 15.5 Å². The summed E-state index contributed by atoms with van der Waals surface area (Å²) in [5.74, 6) is 1.27. The smallest absolute Gasteiger partial charge is 0.407 e. The van der Waals surface area contributed by atoms with Gasteiger partial charge in [0, 0.05) is 32.1 Å². The van der Waals surface area contributed by atoms with Gasteiger partial charge < -0.3 is 20.3 Å². The molecule has 1 saturated heterocycles. The first-order valence-corrected chi connectivity index (χ1v) is 9.86. The number of halogens is 1. The number of aliphatic imine (C=N–C) groups is 1. The zero-order chi connectivity index (χ0) is 19.9. The minimum absolute atomic E-state index is 0. The fourth-order valence-electron chi connectivity index (χ4n) is 3.08. The van der Waals surface area contributed by atoms with Gasteiger partial charge in [0.05, 0.1) is 6.04 Å². The second-order valence-electron chi connectivity index (χ2n) is 8.08. The third-order valence-corrected chi connectivity index (χ3v) is 4.43. The number of alkyl carbamates (subject to hydrolysis) is 1. The molecule has 1 heterocycles. The van der Waals surface area contributed by atoms with Crippen LogP contribution in [0.25, 0.3) is 0 Å². The van der Waals surface area contributed by atoms with Crippen LogP contribution in [0, 0.1) is 0 Å². The van der Waals surface area contributed by atoms with Gasteiger partial charge in [-0.3, -0.25) is 4.99 Å². The van der Waals surface area contributed by atoms with Crippen molar-refractivity contribution in [2.75, 3.05) is 26.2 Å². The molecule has 0 aliphatic carbocycles. The van der Waals surface area contributed by atoms with Crippen LogP contribution in [0.5, 0.6) is 0 Å². The second kappa shape index (κ2) is 11.5. The number of ether oxygens (including phenoxy) is 1. The Morgan fingerprint density at radius 1 is 1.32 bits per heavy atom. The van der Waals surface area contributed by atoms with Crippen LogP contribution in [-0.2, 0) is 4.74 Å². The van der Waals surface area contributed by atoms with Gasteiger partial charge in [0.1, 0.15) is 5.60 Å². The molecule has 0 saturated carbocycles. The number of rotatable bonds is 5. The van der Waals surface area contributed by atoms with Crippen molar-refractivity contribution in [1.29, 1.82) is 0 Å². The number of amides is 1. The van der Waals surface area contributed by atoms with Gasteiger partial charge in [-0.05, 0) is 39.7 Å². The molecular weight excluding hydrogens is 467 g/mol. The van der Waals surface area contributed by atoms with E-state index in [0.29, 0.717) is 5.92 Å². The van der Waals surface area contributed by atoms with Crippen molar-refractivity contribution >= 4 is 36.0 Å². The standard InChI is InChI=1S/C21H34N4O2.HI/c1-6-22-19(23-14-16(2)17-10-8-7-9-11-17)25-13-12-18(15-25)24-20(26)27-21(3,4)5;/h7-11,16,18H,6,12-15H2,1-5H3,(H,22,23)(H,24,26);1H. The normalized spacial score (nSPS) is 18.2. The van der Waals surface area contributed by atoms with Crippen LogP contribution < -0.4 is 10.6 Å². The predicted molar refractivity (Wildman–Crippen MR) is 126 cm³/mol. The maximum Gasteiger partial charge on any atom is 0.407 e. The molecule has 1 aromatic carbocycles. The fraction of sp³-hybridized carbons (Fsp3) is 0.619. The van der Waals surface area contributed by atoms with Gasteiger partial charge in [0.2, 0.25) is 0 Å². The third-order valence-electron chi connectivity index (χ3n) is 4.43. The number of benzene rings is 1. The number of hydrogen-bond donors (Lipinski definition) is 2. The highest BCUT2D eigenvalue weighted by atomic mass is 127. The topological polar surface area (TPSA) is 66.0 Å². The van der Waals surface area contributed by atoms with Crippen molar-refractivity contribution in [3.63, 3.8) is 0 Å². The molecule has 0 spiro atoms. The molecule has 2 atom stereocenters. The fourth-order valence-corrected chi connectivity index (χ4v) is 3.08. The number of likely N-dealkylation sites (tertiary alicyclic amines) is 1. The van der Waals surface area contributed by atoms with Crippen LogP contribution >= 0.6 is 24.0 Å². The van der Waals surface area contributed by atoms with Crippen molar-refractivity contribution in [3.8, 4) is 0 Å². The Morgan fingerprint density at radius 3 is 2.61 bits per heavy atom. The lowest BCUT2D eigenvalue weighted by atomic mass is 10.0. The molecule has 158 valence electrons. The van der Waals surface area contributed by atoms with E-state index in [4.69, 9.17) is 9.73 Å². The number of carbonyl (C=O) groups excluding carboxylic acids is 1. The maximum absolute atomic E-state index is 12.0. The van der Waals surface area contributed by atoms with Crippen molar-refractivity contribution in [2.24, 2.45) is 4.99 Å². The van der Waals surface area contributed by atoms with E-state index >= 15 is 0 Å². The lowest BCUT2D eigenvalue weighted by molar-refractivity contribution is 0.0507. The zero-order valence-electron chi connectivity index (χ0n) is 17.7. The number of nitrogens with zero attached hydrogens (tertiary/aromatic N) is 2. The molecule has 0 bridgehead atoms. The molecule has 2 unspecified atom stereocenters. The molecule has 1 amide bonds. The molecule has 0 radical (unpaired) electrons. The van der Waals surface area contributed by atoms with Gasteiger partial charge in [-0.15, -0.1) is 24.0 Å². The summed E-state index contributed by atoms with van der Waals surface area (Å²) in [5.41, 5.74) is 0.815. The van der Waals surface area contributed by atoms with Crippen LogP contribution in [0.1, 0.15) is 52.5 Å². The predicted octanol–water partition coefficient (Wildman–Crippen LogP) is 3.97. The van der Waals surface area contributed by atoms with Gasteiger partial charge in [-0.25, -0.2) is 4.79 Å². The number of nitrogens with one attached hydrogen (secondary N) is 2. The van der Waals surface area contributed by atoms with Gasteiger partial charge in [-0.1, -0.05) is 37.3 Å². The summed E-state index contributed by atoms with van der Waals surface area (Å²) in [4.78, 5) is 19.0. The first-order valence-electron chi connectivity index (χ1n) is 9.86. The lowest BCUT2D eigenvalue weighted by Crippen LogP contribution is -2.44. The highest BCUT2D eigenvalue weighted by Crippen LogP contribution is 2.16. The highest BCUT2D eigenvalue weighted by molar-refractivity contribution is 14.0. The quantitative estimate of drug-likeness (QED) is 0.364. The summed E-state index contributed by atoms with van der Waals surface area (Å²) in [6.45, 7) is 13.0. The van der Waals surface area contributed by atoms with Gasteiger partial charge >= 0.3 is 6.09 Å². The zero-order valence-corrected chi connectivity index (χ0v) is 20.0. The summed E-state index contributed by atoms with van der Waals surface area (Å²) in [6, 6.07) is 10.5. The summed E-state index contributed by atoms with van der Waals surface area (Å²) in [7, 11) is 0. The molecular formula is C21H35IN4O2. The first kappa shape index (κ1) is 24.5. The van der Waals surface area contributed by atoms with E-state index in [1.165, 1.54) is 5.56 Å². The van der Waals surface area contributed by atoms with Crippen molar-refractivity contribution in [2.45, 2.75) is 58.6 Å². The molecule has 1 fully saturated rings. The van der Waals surface area contributed by atoms with Crippen LogP contribution in [0.15, 0.2) is 35.3 Å². The van der Waals surface area contributed by atoms with E-state index in [1.807, 2.05) is 26.8 Å². The molecule has 2 N–H and O–H groups in total. The van der Waals surface area contributed by atoms with Gasteiger partial charge in [0.15, 0.2) is 5.96 Å². The Balaban J connectivity index is 0.00000392. The van der Waals surface area contributed by atoms with Crippen LogP contribution in [-0.4, -0.2) is 54.8 Å². The summed E-state index contributed by atoms with van der Waals surface area (Å²) in [5, 5.41) is 6.34. The molecule has 2 rings (SSSR count). The highest BCUT2D eigenvalue weighted by Gasteiger charge is 2.27. The van der Waals surface area contributed by atoms with E-state index in [1.54, 1.807) is 0 Å². The van der Waals surface area contributed by atoms with E-state index in [0.717, 1.165) is 38.6 Å². The second-order valence-corrected chi connectivity index (χ2v) is 8.08. The number of carbonyl (C=O) groups is 1. The SMILES string of the molecule is CCNC(=NCC(C)c1ccccc1)N1CCC(NC(=O)OC(C)(C)C)C1.I. The summed E-state index contributed by atoms with van der Waals surface area (Å²) >= 11 is 0. The van der Waals surface area contributed by atoms with Gasteiger partial charge in [-0.2, -0.15) is 0 Å². The van der Waals surface area contributed by atoms with Crippen LogP contribution in [0.2, 0.25) is 0 Å². The van der Waals surface area contributed by atoms with Gasteiger partial charge in [0.25, 0.3) is 0 Å². The lowest BCUT2D eigenvalue weighted by Gasteiger charge is -2.24. The molecule has 1 aliphatic heterocycles. The molecule has 1 aliphatic rings. The third kappa shape index (κ3) is 8.24. The van der Waals surface area contributed by atoms with Crippen LogP contribution in [0.3, 0.4) is 0 Å². The molecule has 6 nitrogen and oxygen atoms in total. The average molecular weight is 502 g/mol. The maximum atomic E-state index is 12.0. The first-order chi connectivity index (χ1) is 12.8. The van der Waals surface area contributed by atoms with E-state index < -0.39 is 5.60 Å². The summed E-state index contributed by atoms with van der Waals surface area (Å²) < 4.78 is 5.36. The largest absolute Gasteiger partial charge is 0.444 e. The number of guanidine groups is 1. The average Bonchev–Trinajstić information content (AvgIpc) is 3.05. The van der Waals surface area contributed by atoms with Crippen molar-refractivity contribution < 1.29 is 9.53 Å². The van der Waals surface area contributed by atoms with E-state index in [9.17, 15) is 4.79 Å². The van der Waals surface area contributed by atoms with Crippen LogP contribution in [0.4, 0.5) is 4.79 Å². The van der Waals surface area contributed by atoms with Crippen molar-refractivity contribution in [3.05, 3.63) is 35.9 Å². The molecule has 0 aromatic heterocycles. The molecule has 7 heteroatoms. The molecule has 1 aromatic rings.